The van der Waals surface area contributed by atoms with Gasteiger partial charge in [0.15, 0.2) is 0 Å². The van der Waals surface area contributed by atoms with Crippen molar-refractivity contribution in [3.8, 4) is 0 Å². The van der Waals surface area contributed by atoms with Crippen molar-refractivity contribution in [3.63, 3.8) is 0 Å². The van der Waals surface area contributed by atoms with Crippen LogP contribution in [0.3, 0.4) is 0 Å². The van der Waals surface area contributed by atoms with Crippen LogP contribution in [0.4, 0.5) is 0 Å². The fourth-order valence-electron chi connectivity index (χ4n) is 1.09. The van der Waals surface area contributed by atoms with Crippen LogP contribution in [0.2, 0.25) is 0 Å². The average molecular weight is 139 g/mol. The predicted octanol–water partition coefficient (Wildman–Crippen LogP) is 1.50. The Labute approximate surface area is 61.0 Å². The molecule has 0 saturated heterocycles. The Hall–Kier alpha value is -0.760. The van der Waals surface area contributed by atoms with E-state index in [4.69, 9.17) is 5.73 Å². The molecule has 10 heavy (non-hydrogen) atoms. The van der Waals surface area contributed by atoms with E-state index in [0.717, 1.165) is 24.8 Å². The van der Waals surface area contributed by atoms with Gasteiger partial charge in [-0.05, 0) is 25.0 Å². The van der Waals surface area contributed by atoms with E-state index >= 15 is 0 Å². The second-order valence-corrected chi connectivity index (χ2v) is 2.45. The van der Waals surface area contributed by atoms with Gasteiger partial charge in [-0.1, -0.05) is 12.2 Å². The molecule has 0 spiro atoms. The standard InChI is InChI=1S/C8H13NO/c9-6-5-7-3-1-2-4-8(7)10/h1,3,10H,2,4-6,9H2. The highest BCUT2D eigenvalue weighted by Crippen LogP contribution is 2.18. The van der Waals surface area contributed by atoms with Crippen LogP contribution in [0.25, 0.3) is 0 Å². The Morgan fingerprint density at radius 2 is 2.40 bits per heavy atom. The fourth-order valence-corrected chi connectivity index (χ4v) is 1.09. The highest BCUT2D eigenvalue weighted by atomic mass is 16.3. The van der Waals surface area contributed by atoms with Gasteiger partial charge in [0.2, 0.25) is 0 Å². The van der Waals surface area contributed by atoms with Crippen molar-refractivity contribution in [3.05, 3.63) is 23.5 Å². The van der Waals surface area contributed by atoms with Gasteiger partial charge in [-0.3, -0.25) is 0 Å². The summed E-state index contributed by atoms with van der Waals surface area (Å²) in [5.74, 6) is 0.521. The molecule has 0 atom stereocenters. The molecule has 2 nitrogen and oxygen atoms in total. The zero-order chi connectivity index (χ0) is 7.40. The number of aliphatic hydroxyl groups is 1. The highest BCUT2D eigenvalue weighted by molar-refractivity contribution is 5.25. The summed E-state index contributed by atoms with van der Waals surface area (Å²) in [7, 11) is 0. The van der Waals surface area contributed by atoms with Crippen LogP contribution in [-0.2, 0) is 0 Å². The Bertz CT molecular complexity index is 170. The molecule has 0 aromatic rings. The molecule has 3 N–H and O–H groups in total. The minimum atomic E-state index is 0.521. The number of aliphatic hydroxyl groups excluding tert-OH is 1. The fraction of sp³-hybridized carbons (Fsp3) is 0.500. The smallest absolute Gasteiger partial charge is 0.0957 e. The van der Waals surface area contributed by atoms with Gasteiger partial charge in [0, 0.05) is 6.42 Å². The van der Waals surface area contributed by atoms with Crippen LogP contribution in [0.1, 0.15) is 19.3 Å². The molecule has 0 bridgehead atoms. The average Bonchev–Trinajstić information content (AvgIpc) is 1.94. The van der Waals surface area contributed by atoms with E-state index < -0.39 is 0 Å². The first-order valence-electron chi connectivity index (χ1n) is 3.62. The van der Waals surface area contributed by atoms with Gasteiger partial charge in [-0.15, -0.1) is 0 Å². The van der Waals surface area contributed by atoms with Crippen molar-refractivity contribution in [1.82, 2.24) is 0 Å². The summed E-state index contributed by atoms with van der Waals surface area (Å²) in [5, 5.41) is 9.27. The first-order valence-corrected chi connectivity index (χ1v) is 3.62. The maximum absolute atomic E-state index is 9.27. The largest absolute Gasteiger partial charge is 0.512 e. The van der Waals surface area contributed by atoms with E-state index in [1.165, 1.54) is 0 Å². The van der Waals surface area contributed by atoms with Crippen molar-refractivity contribution in [2.75, 3.05) is 6.54 Å². The molecular formula is C8H13NO. The van der Waals surface area contributed by atoms with Gasteiger partial charge in [0.1, 0.15) is 0 Å². The predicted molar refractivity (Wildman–Crippen MR) is 41.7 cm³/mol. The monoisotopic (exact) mass is 139 g/mol. The third-order valence-corrected chi connectivity index (χ3v) is 1.65. The Morgan fingerprint density at radius 1 is 1.60 bits per heavy atom. The molecule has 0 amide bonds. The number of allylic oxidation sites excluding steroid dienone is 3. The lowest BCUT2D eigenvalue weighted by atomic mass is 10.0. The van der Waals surface area contributed by atoms with Crippen molar-refractivity contribution in [2.24, 2.45) is 5.73 Å². The van der Waals surface area contributed by atoms with E-state index in [-0.39, 0.29) is 0 Å². The summed E-state index contributed by atoms with van der Waals surface area (Å²) >= 11 is 0. The van der Waals surface area contributed by atoms with Crippen LogP contribution < -0.4 is 5.73 Å². The van der Waals surface area contributed by atoms with Gasteiger partial charge < -0.3 is 10.8 Å². The van der Waals surface area contributed by atoms with E-state index in [9.17, 15) is 5.11 Å². The van der Waals surface area contributed by atoms with E-state index in [1.807, 2.05) is 6.08 Å². The molecule has 56 valence electrons. The van der Waals surface area contributed by atoms with Crippen LogP contribution in [-0.4, -0.2) is 11.7 Å². The van der Waals surface area contributed by atoms with E-state index in [2.05, 4.69) is 6.08 Å². The topological polar surface area (TPSA) is 46.2 Å². The molecule has 0 aromatic carbocycles. The van der Waals surface area contributed by atoms with Gasteiger partial charge in [0.05, 0.1) is 5.76 Å². The van der Waals surface area contributed by atoms with Gasteiger partial charge in [0.25, 0.3) is 0 Å². The maximum atomic E-state index is 9.27. The molecule has 1 aliphatic rings. The van der Waals surface area contributed by atoms with Crippen molar-refractivity contribution in [2.45, 2.75) is 19.3 Å². The van der Waals surface area contributed by atoms with Crippen molar-refractivity contribution in [1.29, 1.82) is 0 Å². The zero-order valence-electron chi connectivity index (χ0n) is 6.01. The lowest BCUT2D eigenvalue weighted by Gasteiger charge is -2.08. The summed E-state index contributed by atoms with van der Waals surface area (Å²) in [6.07, 6.45) is 6.57. The number of hydrogen-bond acceptors (Lipinski definition) is 2. The van der Waals surface area contributed by atoms with Gasteiger partial charge in [-0.2, -0.15) is 0 Å². The minimum Gasteiger partial charge on any atom is -0.512 e. The molecule has 0 fully saturated rings. The molecule has 0 heterocycles. The maximum Gasteiger partial charge on any atom is 0.0957 e. The highest BCUT2D eigenvalue weighted by Gasteiger charge is 2.04. The van der Waals surface area contributed by atoms with Crippen LogP contribution in [0.5, 0.6) is 0 Å². The molecule has 0 unspecified atom stereocenters. The molecule has 0 radical (unpaired) electrons. The Balaban J connectivity index is 2.60. The summed E-state index contributed by atoms with van der Waals surface area (Å²) < 4.78 is 0. The molecular weight excluding hydrogens is 126 g/mol. The SMILES string of the molecule is NCCC1=C(O)CCC=C1. The number of nitrogens with two attached hydrogens (primary N) is 1. The van der Waals surface area contributed by atoms with Gasteiger partial charge >= 0.3 is 0 Å². The lowest BCUT2D eigenvalue weighted by Crippen LogP contribution is -2.03. The van der Waals surface area contributed by atoms with Crippen LogP contribution in [0, 0.1) is 0 Å². The third-order valence-electron chi connectivity index (χ3n) is 1.65. The first-order chi connectivity index (χ1) is 4.84. The van der Waals surface area contributed by atoms with E-state index in [0.29, 0.717) is 12.3 Å². The summed E-state index contributed by atoms with van der Waals surface area (Å²) in [5.41, 5.74) is 6.35. The molecule has 0 saturated carbocycles. The molecule has 2 heteroatoms. The first kappa shape index (κ1) is 7.35. The minimum absolute atomic E-state index is 0.521. The number of hydrogen-bond donors (Lipinski definition) is 2. The molecule has 0 aliphatic heterocycles. The Morgan fingerprint density at radius 3 is 3.00 bits per heavy atom. The second kappa shape index (κ2) is 3.42. The van der Waals surface area contributed by atoms with Crippen LogP contribution in [0.15, 0.2) is 23.5 Å². The zero-order valence-corrected chi connectivity index (χ0v) is 6.01. The summed E-state index contributed by atoms with van der Waals surface area (Å²) in [4.78, 5) is 0. The van der Waals surface area contributed by atoms with Gasteiger partial charge in [-0.25, -0.2) is 0 Å². The summed E-state index contributed by atoms with van der Waals surface area (Å²) in [6, 6.07) is 0. The van der Waals surface area contributed by atoms with Crippen molar-refractivity contribution >= 4 is 0 Å². The third kappa shape index (κ3) is 1.61. The number of rotatable bonds is 2. The molecule has 0 aromatic heterocycles. The quantitative estimate of drug-likeness (QED) is 0.609. The Kier molecular flexibility index (Phi) is 2.51. The normalized spacial score (nSPS) is 18.1. The summed E-state index contributed by atoms with van der Waals surface area (Å²) in [6.45, 7) is 0.615. The van der Waals surface area contributed by atoms with E-state index in [1.54, 1.807) is 0 Å². The van der Waals surface area contributed by atoms with Crippen molar-refractivity contribution < 1.29 is 5.11 Å². The second-order valence-electron chi connectivity index (χ2n) is 2.45. The molecule has 1 rings (SSSR count). The molecule has 1 aliphatic carbocycles. The van der Waals surface area contributed by atoms with Crippen LogP contribution >= 0.6 is 0 Å². The lowest BCUT2D eigenvalue weighted by molar-refractivity contribution is 0.379.